The van der Waals surface area contributed by atoms with Gasteiger partial charge in [0.25, 0.3) is 5.56 Å². The number of aliphatic hydroxyl groups is 1. The van der Waals surface area contributed by atoms with Gasteiger partial charge < -0.3 is 10.4 Å². The second-order valence-corrected chi connectivity index (χ2v) is 5.07. The Morgan fingerprint density at radius 2 is 2.35 bits per heavy atom. The lowest BCUT2D eigenvalue weighted by atomic mass is 10.0. The lowest BCUT2D eigenvalue weighted by Crippen LogP contribution is -2.25. The molecule has 20 heavy (non-hydrogen) atoms. The van der Waals surface area contributed by atoms with Crippen LogP contribution in [-0.4, -0.2) is 28.0 Å². The van der Waals surface area contributed by atoms with Crippen molar-refractivity contribution in [1.29, 1.82) is 0 Å². The van der Waals surface area contributed by atoms with Crippen LogP contribution in [0.4, 0.5) is 5.69 Å². The Bertz CT molecular complexity index is 482. The summed E-state index contributed by atoms with van der Waals surface area (Å²) in [5.41, 5.74) is 0.210. The molecule has 0 saturated carbocycles. The van der Waals surface area contributed by atoms with Crippen LogP contribution in [0.25, 0.3) is 0 Å². The number of aliphatic hydroxyl groups excluding tert-OH is 1. The first-order valence-electron chi connectivity index (χ1n) is 6.85. The minimum absolute atomic E-state index is 0.140. The molecule has 1 unspecified atom stereocenters. The molecular weight excluding hydrogens is 278 g/mol. The van der Waals surface area contributed by atoms with Crippen molar-refractivity contribution in [1.82, 2.24) is 9.78 Å². The highest BCUT2D eigenvalue weighted by molar-refractivity contribution is 6.32. The quantitative estimate of drug-likeness (QED) is 0.687. The summed E-state index contributed by atoms with van der Waals surface area (Å²) in [7, 11) is 0. The van der Waals surface area contributed by atoms with Gasteiger partial charge in [0, 0.05) is 13.2 Å². The fraction of sp³-hybridized carbons (Fsp3) is 0.571. The Kier molecular flexibility index (Phi) is 7.33. The van der Waals surface area contributed by atoms with Crippen LogP contribution in [0.3, 0.4) is 0 Å². The van der Waals surface area contributed by atoms with Gasteiger partial charge in [0.1, 0.15) is 5.02 Å². The molecule has 1 atom stereocenters. The van der Waals surface area contributed by atoms with E-state index in [9.17, 15) is 4.79 Å². The van der Waals surface area contributed by atoms with E-state index in [1.165, 1.54) is 4.68 Å². The number of allylic oxidation sites excluding steroid dienone is 1. The largest absolute Gasteiger partial charge is 0.396 e. The first-order valence-corrected chi connectivity index (χ1v) is 7.23. The van der Waals surface area contributed by atoms with E-state index in [-0.39, 0.29) is 17.2 Å². The van der Waals surface area contributed by atoms with E-state index in [4.69, 9.17) is 16.7 Å². The minimum Gasteiger partial charge on any atom is -0.396 e. The zero-order valence-electron chi connectivity index (χ0n) is 11.8. The van der Waals surface area contributed by atoms with Crippen LogP contribution < -0.4 is 10.9 Å². The van der Waals surface area contributed by atoms with E-state index < -0.39 is 0 Å². The summed E-state index contributed by atoms with van der Waals surface area (Å²) < 4.78 is 1.26. The van der Waals surface area contributed by atoms with E-state index in [0.717, 1.165) is 19.3 Å². The highest BCUT2D eigenvalue weighted by atomic mass is 35.5. The number of aromatic nitrogens is 2. The van der Waals surface area contributed by atoms with Crippen molar-refractivity contribution in [3.05, 3.63) is 34.2 Å². The standard InChI is InChI=1S/C14H22ClN3O2/c1-3-5-11(6-8-19)9-16-12-10-17-18(7-4-2)14(20)13(12)15/h4,10-11,16,19H,2-3,5-9H2,1H3. The average Bonchev–Trinajstić information content (AvgIpc) is 2.43. The molecule has 1 rings (SSSR count). The zero-order valence-corrected chi connectivity index (χ0v) is 12.6. The summed E-state index contributed by atoms with van der Waals surface area (Å²) in [6, 6.07) is 0. The SMILES string of the molecule is C=CCn1ncc(NCC(CCC)CCO)c(Cl)c1=O. The highest BCUT2D eigenvalue weighted by Gasteiger charge is 2.11. The number of hydrogen-bond donors (Lipinski definition) is 2. The van der Waals surface area contributed by atoms with Gasteiger partial charge in [-0.25, -0.2) is 4.68 Å². The van der Waals surface area contributed by atoms with Crippen LogP contribution in [0.1, 0.15) is 26.2 Å². The molecule has 1 heterocycles. The van der Waals surface area contributed by atoms with Gasteiger partial charge in [-0.15, -0.1) is 6.58 Å². The maximum Gasteiger partial charge on any atom is 0.287 e. The predicted octanol–water partition coefficient (Wildman–Crippen LogP) is 2.29. The van der Waals surface area contributed by atoms with Gasteiger partial charge in [-0.2, -0.15) is 5.10 Å². The van der Waals surface area contributed by atoms with E-state index in [2.05, 4.69) is 23.9 Å². The fourth-order valence-electron chi connectivity index (χ4n) is 2.03. The topological polar surface area (TPSA) is 67.2 Å². The number of anilines is 1. The van der Waals surface area contributed by atoms with Gasteiger partial charge in [-0.3, -0.25) is 4.79 Å². The molecule has 0 aliphatic heterocycles. The van der Waals surface area contributed by atoms with Crippen LogP contribution >= 0.6 is 11.6 Å². The molecule has 0 fully saturated rings. The fourth-order valence-corrected chi connectivity index (χ4v) is 2.25. The van der Waals surface area contributed by atoms with Crippen LogP contribution in [0.2, 0.25) is 5.02 Å². The molecule has 0 bridgehead atoms. The number of hydrogen-bond acceptors (Lipinski definition) is 4. The summed E-state index contributed by atoms with van der Waals surface area (Å²) in [4.78, 5) is 11.9. The average molecular weight is 300 g/mol. The molecule has 0 radical (unpaired) electrons. The van der Waals surface area contributed by atoms with Crippen LogP contribution in [-0.2, 0) is 6.54 Å². The summed E-state index contributed by atoms with van der Waals surface area (Å²) in [5.74, 6) is 0.358. The van der Waals surface area contributed by atoms with Crippen molar-refractivity contribution >= 4 is 17.3 Å². The van der Waals surface area contributed by atoms with Gasteiger partial charge in [0.15, 0.2) is 0 Å². The van der Waals surface area contributed by atoms with Crippen molar-refractivity contribution in [3.63, 3.8) is 0 Å². The number of rotatable bonds is 9. The molecule has 2 N–H and O–H groups in total. The van der Waals surface area contributed by atoms with Gasteiger partial charge in [0.2, 0.25) is 0 Å². The lowest BCUT2D eigenvalue weighted by molar-refractivity contribution is 0.255. The Morgan fingerprint density at radius 3 is 2.95 bits per heavy atom. The normalized spacial score (nSPS) is 12.2. The second-order valence-electron chi connectivity index (χ2n) is 4.70. The zero-order chi connectivity index (χ0) is 15.0. The van der Waals surface area contributed by atoms with Crippen LogP contribution in [0.15, 0.2) is 23.6 Å². The Balaban J connectivity index is 2.75. The Morgan fingerprint density at radius 1 is 1.60 bits per heavy atom. The molecule has 0 spiro atoms. The summed E-state index contributed by atoms with van der Waals surface area (Å²) in [5, 5.41) is 16.3. The second kappa shape index (κ2) is 8.76. The van der Waals surface area contributed by atoms with Crippen molar-refractivity contribution in [2.24, 2.45) is 5.92 Å². The first kappa shape index (κ1) is 16.7. The molecule has 1 aromatic heterocycles. The third-order valence-corrected chi connectivity index (χ3v) is 3.47. The third-order valence-electron chi connectivity index (χ3n) is 3.10. The number of halogens is 1. The molecule has 6 heteroatoms. The van der Waals surface area contributed by atoms with E-state index >= 15 is 0 Å². The maximum absolute atomic E-state index is 11.9. The Labute approximate surface area is 124 Å². The highest BCUT2D eigenvalue weighted by Crippen LogP contribution is 2.18. The monoisotopic (exact) mass is 299 g/mol. The summed E-state index contributed by atoms with van der Waals surface area (Å²) in [6.07, 6.45) is 5.95. The van der Waals surface area contributed by atoms with Crippen molar-refractivity contribution in [2.75, 3.05) is 18.5 Å². The minimum atomic E-state index is -0.328. The maximum atomic E-state index is 11.9. The molecule has 0 aromatic carbocycles. The van der Waals surface area contributed by atoms with Crippen molar-refractivity contribution < 1.29 is 5.11 Å². The molecule has 0 aliphatic carbocycles. The third kappa shape index (κ3) is 4.65. The predicted molar refractivity (Wildman–Crippen MR) is 82.3 cm³/mol. The van der Waals surface area contributed by atoms with E-state index in [1.807, 2.05) is 0 Å². The van der Waals surface area contributed by atoms with Crippen molar-refractivity contribution in [3.8, 4) is 0 Å². The molecule has 0 aliphatic rings. The van der Waals surface area contributed by atoms with E-state index in [0.29, 0.717) is 24.7 Å². The summed E-state index contributed by atoms with van der Waals surface area (Å²) in [6.45, 7) is 6.84. The van der Waals surface area contributed by atoms with Crippen LogP contribution in [0.5, 0.6) is 0 Å². The molecule has 0 saturated heterocycles. The van der Waals surface area contributed by atoms with Gasteiger partial charge >= 0.3 is 0 Å². The first-order chi connectivity index (χ1) is 9.63. The van der Waals surface area contributed by atoms with Gasteiger partial charge in [-0.1, -0.05) is 31.0 Å². The van der Waals surface area contributed by atoms with Gasteiger partial charge in [-0.05, 0) is 18.8 Å². The van der Waals surface area contributed by atoms with Crippen LogP contribution in [0, 0.1) is 5.92 Å². The van der Waals surface area contributed by atoms with Gasteiger partial charge in [0.05, 0.1) is 18.4 Å². The number of nitrogens with one attached hydrogen (secondary N) is 1. The Hall–Kier alpha value is -1.33. The van der Waals surface area contributed by atoms with E-state index in [1.54, 1.807) is 12.3 Å². The molecule has 112 valence electrons. The smallest absolute Gasteiger partial charge is 0.287 e. The molecule has 0 amide bonds. The summed E-state index contributed by atoms with van der Waals surface area (Å²) >= 11 is 6.05. The van der Waals surface area contributed by atoms with Crippen molar-refractivity contribution in [2.45, 2.75) is 32.7 Å². The lowest BCUT2D eigenvalue weighted by Gasteiger charge is -2.17. The molecular formula is C14H22ClN3O2. The molecule has 5 nitrogen and oxygen atoms in total. The number of nitrogens with zero attached hydrogens (tertiary/aromatic N) is 2. The molecule has 1 aromatic rings.